The Labute approximate surface area is 157 Å². The largest absolute Gasteiger partial charge is 0.310 e. The van der Waals surface area contributed by atoms with E-state index in [9.17, 15) is 0 Å². The van der Waals surface area contributed by atoms with Gasteiger partial charge in [0.2, 0.25) is 0 Å². The second kappa shape index (κ2) is 7.24. The predicted molar refractivity (Wildman–Crippen MR) is 107 cm³/mol. The zero-order valence-corrected chi connectivity index (χ0v) is 15.9. The van der Waals surface area contributed by atoms with Gasteiger partial charge in [0, 0.05) is 50.3 Å². The van der Waals surface area contributed by atoms with Gasteiger partial charge >= 0.3 is 0 Å². The van der Waals surface area contributed by atoms with Gasteiger partial charge in [-0.2, -0.15) is 0 Å². The van der Waals surface area contributed by atoms with E-state index in [0.29, 0.717) is 0 Å². The number of likely N-dealkylation sites (tertiary alicyclic amines) is 1. The molecule has 0 spiro atoms. The Balaban J connectivity index is 1.36. The van der Waals surface area contributed by atoms with Crippen molar-refractivity contribution in [2.75, 3.05) is 44.3 Å². The van der Waals surface area contributed by atoms with Gasteiger partial charge in [-0.3, -0.25) is 14.5 Å². The van der Waals surface area contributed by atoms with Gasteiger partial charge < -0.3 is 5.01 Å². The number of piperidine rings is 1. The minimum atomic E-state index is 0.878. The number of rotatable bonds is 4. The predicted octanol–water partition coefficient (Wildman–Crippen LogP) is 3.23. The topological polar surface area (TPSA) is 14.7 Å². The van der Waals surface area contributed by atoms with Crippen molar-refractivity contribution in [2.45, 2.75) is 51.1 Å². The lowest BCUT2D eigenvalue weighted by Gasteiger charge is -2.43. The standard InChI is InChI=1S/C22H31N4/c1-4-11-23(12-5-1)17-19-18-26(22-10-3-2-9-21(19)22)25-15-13-24(14-16-25)20-7-6-8-20/h3,9-10,18,20H,1,4-8,11-17H2. The summed E-state index contributed by atoms with van der Waals surface area (Å²) in [5.41, 5.74) is 2.83. The average molecular weight is 352 g/mol. The van der Waals surface area contributed by atoms with Crippen molar-refractivity contribution in [3.05, 3.63) is 36.0 Å². The van der Waals surface area contributed by atoms with Crippen molar-refractivity contribution in [3.63, 3.8) is 0 Å². The highest BCUT2D eigenvalue weighted by Gasteiger charge is 2.28. The molecule has 1 saturated carbocycles. The summed E-state index contributed by atoms with van der Waals surface area (Å²) in [7, 11) is 0. The Hall–Kier alpha value is -1.52. The van der Waals surface area contributed by atoms with E-state index in [1.807, 2.05) is 0 Å². The first-order chi connectivity index (χ1) is 12.9. The molecule has 3 heterocycles. The van der Waals surface area contributed by atoms with Crippen LogP contribution in [0.4, 0.5) is 0 Å². The van der Waals surface area contributed by atoms with E-state index < -0.39 is 0 Å². The van der Waals surface area contributed by atoms with Crippen LogP contribution in [-0.4, -0.2) is 59.8 Å². The summed E-state index contributed by atoms with van der Waals surface area (Å²) in [5, 5.41) is 3.94. The molecule has 1 radical (unpaired) electrons. The molecule has 0 amide bonds. The van der Waals surface area contributed by atoms with E-state index in [2.05, 4.69) is 49.9 Å². The molecule has 5 rings (SSSR count). The van der Waals surface area contributed by atoms with E-state index in [0.717, 1.165) is 25.7 Å². The van der Waals surface area contributed by atoms with E-state index in [-0.39, 0.29) is 0 Å². The highest BCUT2D eigenvalue weighted by Crippen LogP contribution is 2.27. The molecule has 0 atom stereocenters. The highest BCUT2D eigenvalue weighted by atomic mass is 15.6. The smallest absolute Gasteiger partial charge is 0.0698 e. The van der Waals surface area contributed by atoms with Crippen LogP contribution in [0.3, 0.4) is 0 Å². The molecule has 3 aliphatic rings. The zero-order valence-electron chi connectivity index (χ0n) is 15.9. The summed E-state index contributed by atoms with van der Waals surface area (Å²) in [5.74, 6) is 0. The van der Waals surface area contributed by atoms with Gasteiger partial charge in [0.05, 0.1) is 5.52 Å². The third-order valence-electron chi connectivity index (χ3n) is 6.74. The Morgan fingerprint density at radius 1 is 0.923 bits per heavy atom. The first kappa shape index (κ1) is 16.6. The summed E-state index contributed by atoms with van der Waals surface area (Å²) >= 11 is 0. The summed E-state index contributed by atoms with van der Waals surface area (Å²) in [6.45, 7) is 8.30. The Morgan fingerprint density at radius 3 is 2.46 bits per heavy atom. The maximum Gasteiger partial charge on any atom is 0.0698 e. The number of benzene rings is 1. The van der Waals surface area contributed by atoms with Crippen LogP contribution in [0.25, 0.3) is 10.9 Å². The Morgan fingerprint density at radius 2 is 1.73 bits per heavy atom. The lowest BCUT2D eigenvalue weighted by Crippen LogP contribution is -2.55. The molecule has 2 aliphatic heterocycles. The molecule has 4 heteroatoms. The molecule has 1 aromatic heterocycles. The van der Waals surface area contributed by atoms with Crippen LogP contribution >= 0.6 is 0 Å². The maximum atomic E-state index is 3.31. The fourth-order valence-corrected chi connectivity index (χ4v) is 4.93. The van der Waals surface area contributed by atoms with Gasteiger partial charge in [-0.05, 0) is 62.5 Å². The van der Waals surface area contributed by atoms with Gasteiger partial charge in [-0.25, -0.2) is 0 Å². The lowest BCUT2D eigenvalue weighted by molar-refractivity contribution is 0.114. The number of hydrogen-bond donors (Lipinski definition) is 0. The molecule has 139 valence electrons. The fraction of sp³-hybridized carbons (Fsp3) is 0.636. The molecule has 0 N–H and O–H groups in total. The van der Waals surface area contributed by atoms with Crippen LogP contribution in [0.15, 0.2) is 24.4 Å². The third-order valence-corrected chi connectivity index (χ3v) is 6.74. The number of hydrogen-bond acceptors (Lipinski definition) is 3. The van der Waals surface area contributed by atoms with Crippen molar-refractivity contribution in [2.24, 2.45) is 0 Å². The van der Waals surface area contributed by atoms with Crippen molar-refractivity contribution in [1.29, 1.82) is 0 Å². The third kappa shape index (κ3) is 3.14. The Bertz CT molecular complexity index is 734. The van der Waals surface area contributed by atoms with Gasteiger partial charge in [0.1, 0.15) is 0 Å². The summed E-state index contributed by atoms with van der Waals surface area (Å²) in [6, 6.07) is 10.7. The van der Waals surface area contributed by atoms with E-state index in [4.69, 9.17) is 0 Å². The molecular formula is C22H31N4. The quantitative estimate of drug-likeness (QED) is 0.840. The van der Waals surface area contributed by atoms with Crippen LogP contribution < -0.4 is 5.01 Å². The SMILES string of the molecule is [c]1ccc2c(c1)c(CN1CCCCC1)cn2N1CCN(C2CCC2)CC1. The first-order valence-electron chi connectivity index (χ1n) is 10.6. The van der Waals surface area contributed by atoms with Gasteiger partial charge in [-0.1, -0.05) is 18.9 Å². The molecule has 0 unspecified atom stereocenters. The molecule has 0 bridgehead atoms. The first-order valence-corrected chi connectivity index (χ1v) is 10.6. The molecule has 1 aliphatic carbocycles. The average Bonchev–Trinajstić information content (AvgIpc) is 3.01. The second-order valence-corrected chi connectivity index (χ2v) is 8.35. The number of fused-ring (bicyclic) bond motifs is 1. The molecule has 1 aromatic carbocycles. The lowest BCUT2D eigenvalue weighted by atomic mass is 9.91. The van der Waals surface area contributed by atoms with Crippen molar-refractivity contribution in [3.8, 4) is 0 Å². The summed E-state index contributed by atoms with van der Waals surface area (Å²) in [6.07, 6.45) is 10.8. The number of piperazine rings is 1. The van der Waals surface area contributed by atoms with E-state index in [1.165, 1.54) is 81.2 Å². The van der Waals surface area contributed by atoms with Crippen molar-refractivity contribution in [1.82, 2.24) is 14.5 Å². The second-order valence-electron chi connectivity index (χ2n) is 8.35. The van der Waals surface area contributed by atoms with Crippen LogP contribution in [0.2, 0.25) is 0 Å². The fourth-order valence-electron chi connectivity index (χ4n) is 4.93. The molecule has 2 aromatic rings. The minimum Gasteiger partial charge on any atom is -0.310 e. The molecule has 3 fully saturated rings. The van der Waals surface area contributed by atoms with Crippen LogP contribution in [0, 0.1) is 6.07 Å². The highest BCUT2D eigenvalue weighted by molar-refractivity contribution is 5.84. The normalized spacial score (nSPS) is 23.5. The van der Waals surface area contributed by atoms with Crippen molar-refractivity contribution < 1.29 is 0 Å². The molecule has 2 saturated heterocycles. The van der Waals surface area contributed by atoms with Gasteiger partial charge in [0.15, 0.2) is 0 Å². The molecular weight excluding hydrogens is 320 g/mol. The van der Waals surface area contributed by atoms with Crippen LogP contribution in [0.5, 0.6) is 0 Å². The Kier molecular flexibility index (Phi) is 4.63. The van der Waals surface area contributed by atoms with E-state index >= 15 is 0 Å². The summed E-state index contributed by atoms with van der Waals surface area (Å²) in [4.78, 5) is 5.35. The van der Waals surface area contributed by atoms with Crippen LogP contribution in [-0.2, 0) is 6.54 Å². The maximum absolute atomic E-state index is 3.31. The van der Waals surface area contributed by atoms with Gasteiger partial charge in [-0.15, -0.1) is 0 Å². The zero-order chi connectivity index (χ0) is 17.3. The molecule has 26 heavy (non-hydrogen) atoms. The number of nitrogens with zero attached hydrogens (tertiary/aromatic N) is 4. The van der Waals surface area contributed by atoms with E-state index in [1.54, 1.807) is 0 Å². The van der Waals surface area contributed by atoms with Gasteiger partial charge in [0.25, 0.3) is 0 Å². The number of aromatic nitrogens is 1. The molecule has 4 nitrogen and oxygen atoms in total. The van der Waals surface area contributed by atoms with Crippen molar-refractivity contribution >= 4 is 10.9 Å². The summed E-state index contributed by atoms with van der Waals surface area (Å²) < 4.78 is 2.45. The minimum absolute atomic E-state index is 0.878. The van der Waals surface area contributed by atoms with Crippen LogP contribution in [0.1, 0.15) is 44.1 Å². The monoisotopic (exact) mass is 351 g/mol.